The van der Waals surface area contributed by atoms with Crippen LogP contribution in [0.1, 0.15) is 24.0 Å². The molecule has 0 spiro atoms. The van der Waals surface area contributed by atoms with E-state index in [4.69, 9.17) is 9.47 Å². The van der Waals surface area contributed by atoms with Crippen LogP contribution in [0.2, 0.25) is 0 Å². The molecule has 1 N–H and O–H groups in total. The molecular weight excluding hydrogens is 316 g/mol. The van der Waals surface area contributed by atoms with Gasteiger partial charge in [-0.1, -0.05) is 60.7 Å². The fourth-order valence-electron chi connectivity index (χ4n) is 2.24. The molecule has 132 valence electrons. The Morgan fingerprint density at radius 2 is 1.52 bits per heavy atom. The molecule has 0 aromatic heterocycles. The second kappa shape index (κ2) is 11.1. The van der Waals surface area contributed by atoms with E-state index in [-0.39, 0.29) is 5.91 Å². The summed E-state index contributed by atoms with van der Waals surface area (Å²) in [5, 5.41) is 4.35. The Balaban J connectivity index is 1.93. The van der Waals surface area contributed by atoms with E-state index in [0.717, 1.165) is 16.8 Å². The number of hydrogen-bond acceptors (Lipinski definition) is 4. The van der Waals surface area contributed by atoms with Crippen molar-refractivity contribution in [1.29, 1.82) is 0 Å². The summed E-state index contributed by atoms with van der Waals surface area (Å²) in [6.07, 6.45) is 1.02. The minimum atomic E-state index is -0.125. The minimum absolute atomic E-state index is 0.125. The highest BCUT2D eigenvalue weighted by molar-refractivity contribution is 6.13. The Kier molecular flexibility index (Phi) is 8.38. The molecule has 0 saturated heterocycles. The van der Waals surface area contributed by atoms with Crippen molar-refractivity contribution in [3.05, 3.63) is 71.8 Å². The maximum absolute atomic E-state index is 12.0. The lowest BCUT2D eigenvalue weighted by Crippen LogP contribution is -2.20. The lowest BCUT2D eigenvalue weighted by molar-refractivity contribution is -0.121. The van der Waals surface area contributed by atoms with Gasteiger partial charge < -0.3 is 9.47 Å². The lowest BCUT2D eigenvalue weighted by Gasteiger charge is -2.08. The first-order chi connectivity index (χ1) is 12.3. The molecule has 2 aromatic carbocycles. The Morgan fingerprint density at radius 3 is 2.08 bits per heavy atom. The van der Waals surface area contributed by atoms with Gasteiger partial charge in [-0.3, -0.25) is 4.79 Å². The molecule has 0 aliphatic heterocycles. The van der Waals surface area contributed by atoms with Crippen LogP contribution in [0.3, 0.4) is 0 Å². The predicted molar refractivity (Wildman–Crippen MR) is 98.6 cm³/mol. The van der Waals surface area contributed by atoms with Gasteiger partial charge in [0.15, 0.2) is 0 Å². The summed E-state index contributed by atoms with van der Waals surface area (Å²) >= 11 is 0. The van der Waals surface area contributed by atoms with Gasteiger partial charge in [0.05, 0.1) is 18.9 Å². The third-order valence-electron chi connectivity index (χ3n) is 3.51. The van der Waals surface area contributed by atoms with Crippen molar-refractivity contribution < 1.29 is 14.3 Å². The molecule has 25 heavy (non-hydrogen) atoms. The van der Waals surface area contributed by atoms with Crippen LogP contribution in [-0.4, -0.2) is 38.5 Å². The molecule has 5 nitrogen and oxygen atoms in total. The van der Waals surface area contributed by atoms with Crippen LogP contribution >= 0.6 is 0 Å². The number of ether oxygens (including phenoxy) is 2. The van der Waals surface area contributed by atoms with Gasteiger partial charge >= 0.3 is 0 Å². The summed E-state index contributed by atoms with van der Waals surface area (Å²) in [5.41, 5.74) is 5.30. The van der Waals surface area contributed by atoms with Gasteiger partial charge in [-0.25, -0.2) is 5.43 Å². The molecule has 0 fully saturated rings. The number of nitrogens with zero attached hydrogens (tertiary/aromatic N) is 1. The smallest absolute Gasteiger partial charge is 0.240 e. The molecule has 5 heteroatoms. The molecule has 0 aliphatic rings. The average Bonchev–Trinajstić information content (AvgIpc) is 2.66. The Morgan fingerprint density at radius 1 is 0.920 bits per heavy atom. The molecule has 1 amide bonds. The fraction of sp³-hybridized carbons (Fsp3) is 0.300. The van der Waals surface area contributed by atoms with Gasteiger partial charge in [0.2, 0.25) is 5.91 Å². The zero-order valence-corrected chi connectivity index (χ0v) is 14.5. The van der Waals surface area contributed by atoms with Crippen molar-refractivity contribution >= 4 is 11.6 Å². The first kappa shape index (κ1) is 18.8. The van der Waals surface area contributed by atoms with Gasteiger partial charge in [0.25, 0.3) is 0 Å². The van der Waals surface area contributed by atoms with Crippen LogP contribution in [0.15, 0.2) is 65.8 Å². The first-order valence-electron chi connectivity index (χ1n) is 8.35. The maximum Gasteiger partial charge on any atom is 0.240 e. The van der Waals surface area contributed by atoms with Crippen LogP contribution < -0.4 is 5.43 Å². The van der Waals surface area contributed by atoms with E-state index in [1.807, 2.05) is 60.7 Å². The van der Waals surface area contributed by atoms with E-state index < -0.39 is 0 Å². The summed E-state index contributed by atoms with van der Waals surface area (Å²) in [5.74, 6) is -0.125. The van der Waals surface area contributed by atoms with Gasteiger partial charge in [0, 0.05) is 31.3 Å². The molecule has 0 heterocycles. The number of benzene rings is 2. The van der Waals surface area contributed by atoms with Crippen molar-refractivity contribution in [2.45, 2.75) is 12.8 Å². The number of hydrogen-bond donors (Lipinski definition) is 1. The van der Waals surface area contributed by atoms with Crippen LogP contribution in [0, 0.1) is 0 Å². The van der Waals surface area contributed by atoms with E-state index >= 15 is 0 Å². The van der Waals surface area contributed by atoms with Gasteiger partial charge in [-0.05, 0) is 6.42 Å². The number of nitrogens with one attached hydrogen (secondary N) is 1. The fourth-order valence-corrected chi connectivity index (χ4v) is 2.24. The van der Waals surface area contributed by atoms with Gasteiger partial charge in [-0.15, -0.1) is 0 Å². The van der Waals surface area contributed by atoms with Crippen molar-refractivity contribution in [1.82, 2.24) is 5.43 Å². The number of methoxy groups -OCH3 is 1. The van der Waals surface area contributed by atoms with Crippen LogP contribution in [0.5, 0.6) is 0 Å². The van der Waals surface area contributed by atoms with Crippen molar-refractivity contribution in [2.24, 2.45) is 5.10 Å². The molecule has 0 bridgehead atoms. The SMILES string of the molecule is COCCOCCCC(=O)NN=C(c1ccccc1)c1ccccc1. The van der Waals surface area contributed by atoms with Gasteiger partial charge in [0.1, 0.15) is 0 Å². The highest BCUT2D eigenvalue weighted by Gasteiger charge is 2.07. The van der Waals surface area contributed by atoms with Gasteiger partial charge in [-0.2, -0.15) is 5.10 Å². The number of hydrazone groups is 1. The van der Waals surface area contributed by atoms with Crippen LogP contribution in [0.4, 0.5) is 0 Å². The molecule has 0 radical (unpaired) electrons. The number of carbonyl (C=O) groups excluding carboxylic acids is 1. The standard InChI is InChI=1S/C20H24N2O3/c1-24-15-16-25-14-8-13-19(23)21-22-20(17-9-4-2-5-10-17)18-11-6-3-7-12-18/h2-7,9-12H,8,13-16H2,1H3,(H,21,23). The molecule has 2 aromatic rings. The Bertz CT molecular complexity index is 616. The molecule has 0 saturated carbocycles. The number of carbonyl (C=O) groups is 1. The summed E-state index contributed by atoms with van der Waals surface area (Å²) in [4.78, 5) is 12.0. The average molecular weight is 340 g/mol. The summed E-state index contributed by atoms with van der Waals surface area (Å²) in [6.45, 7) is 1.64. The van der Waals surface area contributed by atoms with Crippen LogP contribution in [-0.2, 0) is 14.3 Å². The number of rotatable bonds is 10. The highest BCUT2D eigenvalue weighted by Crippen LogP contribution is 2.10. The second-order valence-corrected chi connectivity index (χ2v) is 5.44. The Hall–Kier alpha value is -2.50. The van der Waals surface area contributed by atoms with E-state index in [1.165, 1.54) is 0 Å². The molecule has 0 unspecified atom stereocenters. The lowest BCUT2D eigenvalue weighted by atomic mass is 10.0. The third-order valence-corrected chi connectivity index (χ3v) is 3.51. The maximum atomic E-state index is 12.0. The van der Waals surface area contributed by atoms with Crippen molar-refractivity contribution in [3.63, 3.8) is 0 Å². The second-order valence-electron chi connectivity index (χ2n) is 5.44. The zero-order valence-electron chi connectivity index (χ0n) is 14.5. The Labute approximate surface area is 148 Å². The molecule has 0 atom stereocenters. The monoisotopic (exact) mass is 340 g/mol. The topological polar surface area (TPSA) is 59.9 Å². The summed E-state index contributed by atoms with van der Waals surface area (Å²) in [7, 11) is 1.63. The summed E-state index contributed by atoms with van der Waals surface area (Å²) in [6, 6.07) is 19.6. The predicted octanol–water partition coefficient (Wildman–Crippen LogP) is 3.00. The highest BCUT2D eigenvalue weighted by atomic mass is 16.5. The normalized spacial score (nSPS) is 10.3. The molecule has 0 aliphatic carbocycles. The van der Waals surface area contributed by atoms with Crippen molar-refractivity contribution in [3.8, 4) is 0 Å². The van der Waals surface area contributed by atoms with E-state index in [2.05, 4.69) is 10.5 Å². The van der Waals surface area contributed by atoms with E-state index in [1.54, 1.807) is 7.11 Å². The first-order valence-corrected chi connectivity index (χ1v) is 8.35. The quantitative estimate of drug-likeness (QED) is 0.411. The molecule has 2 rings (SSSR count). The van der Waals surface area contributed by atoms with E-state index in [9.17, 15) is 4.79 Å². The molecular formula is C20H24N2O3. The zero-order chi connectivity index (χ0) is 17.7. The largest absolute Gasteiger partial charge is 0.382 e. The third kappa shape index (κ3) is 6.87. The number of amides is 1. The minimum Gasteiger partial charge on any atom is -0.382 e. The van der Waals surface area contributed by atoms with Crippen LogP contribution in [0.25, 0.3) is 0 Å². The van der Waals surface area contributed by atoms with E-state index in [0.29, 0.717) is 32.7 Å². The summed E-state index contributed by atoms with van der Waals surface area (Å²) < 4.78 is 10.2. The van der Waals surface area contributed by atoms with Crippen molar-refractivity contribution in [2.75, 3.05) is 26.9 Å².